The lowest BCUT2D eigenvalue weighted by atomic mass is 9.95. The van der Waals surface area contributed by atoms with E-state index in [-0.39, 0.29) is 0 Å². The van der Waals surface area contributed by atoms with Crippen molar-refractivity contribution in [2.24, 2.45) is 0 Å². The van der Waals surface area contributed by atoms with Crippen molar-refractivity contribution >= 4 is 5.69 Å². The predicted octanol–water partition coefficient (Wildman–Crippen LogP) is 2.13. The van der Waals surface area contributed by atoms with Crippen LogP contribution in [0.4, 0.5) is 5.69 Å². The van der Waals surface area contributed by atoms with Crippen molar-refractivity contribution in [3.63, 3.8) is 0 Å². The van der Waals surface area contributed by atoms with Gasteiger partial charge in [-0.15, -0.1) is 0 Å². The largest absolute Gasteiger partial charge is 0.493 e. The van der Waals surface area contributed by atoms with E-state index in [1.165, 1.54) is 12.8 Å². The predicted molar refractivity (Wildman–Crippen MR) is 65.4 cm³/mol. The number of nitrogens with one attached hydrogen (secondary N) is 1. The number of nitrogens with zero attached hydrogens (tertiary/aromatic N) is 1. The molecule has 3 rings (SSSR count). The van der Waals surface area contributed by atoms with E-state index in [1.54, 1.807) is 13.3 Å². The molecule has 4 nitrogen and oxygen atoms in total. The first kappa shape index (κ1) is 10.8. The fourth-order valence-electron chi connectivity index (χ4n) is 2.81. The van der Waals surface area contributed by atoms with Crippen molar-refractivity contribution in [3.05, 3.63) is 18.0 Å². The van der Waals surface area contributed by atoms with E-state index < -0.39 is 0 Å². The van der Waals surface area contributed by atoms with Gasteiger partial charge in [-0.25, -0.2) is 0 Å². The molecule has 2 saturated heterocycles. The fourth-order valence-corrected chi connectivity index (χ4v) is 2.81. The molecule has 3 heterocycles. The molecule has 0 spiro atoms. The second-order valence-corrected chi connectivity index (χ2v) is 4.89. The van der Waals surface area contributed by atoms with E-state index in [4.69, 9.17) is 9.47 Å². The molecule has 4 heteroatoms. The highest BCUT2D eigenvalue weighted by Crippen LogP contribution is 2.37. The zero-order valence-electron chi connectivity index (χ0n) is 10.3. The van der Waals surface area contributed by atoms with Gasteiger partial charge >= 0.3 is 0 Å². The van der Waals surface area contributed by atoms with E-state index in [1.807, 2.05) is 13.0 Å². The fraction of sp³-hybridized carbons (Fsp3) is 0.615. The summed E-state index contributed by atoms with van der Waals surface area (Å²) >= 11 is 0. The quantitative estimate of drug-likeness (QED) is 0.870. The summed E-state index contributed by atoms with van der Waals surface area (Å²) in [6, 6.07) is 2.45. The molecule has 0 amide bonds. The minimum atomic E-state index is 0.373. The van der Waals surface area contributed by atoms with Gasteiger partial charge in [-0.05, 0) is 32.3 Å². The van der Waals surface area contributed by atoms with Crippen molar-refractivity contribution in [3.8, 4) is 5.75 Å². The summed E-state index contributed by atoms with van der Waals surface area (Å²) in [6.07, 6.45) is 6.11. The van der Waals surface area contributed by atoms with Crippen LogP contribution in [0.2, 0.25) is 0 Å². The summed E-state index contributed by atoms with van der Waals surface area (Å²) in [7, 11) is 1.68. The van der Waals surface area contributed by atoms with Gasteiger partial charge in [0.2, 0.25) is 0 Å². The average molecular weight is 234 g/mol. The first-order valence-electron chi connectivity index (χ1n) is 6.19. The number of anilines is 1. The van der Waals surface area contributed by atoms with E-state index in [9.17, 15) is 0 Å². The van der Waals surface area contributed by atoms with Gasteiger partial charge in [-0.1, -0.05) is 0 Å². The van der Waals surface area contributed by atoms with Gasteiger partial charge in [0.05, 0.1) is 37.2 Å². The Bertz CT molecular complexity index is 422. The van der Waals surface area contributed by atoms with Crippen molar-refractivity contribution in [1.82, 2.24) is 4.98 Å². The van der Waals surface area contributed by atoms with Gasteiger partial charge in [0.25, 0.3) is 0 Å². The van der Waals surface area contributed by atoms with Gasteiger partial charge in [0, 0.05) is 5.69 Å². The molecule has 92 valence electrons. The van der Waals surface area contributed by atoms with Crippen molar-refractivity contribution < 1.29 is 9.47 Å². The Morgan fingerprint density at radius 2 is 2.35 bits per heavy atom. The summed E-state index contributed by atoms with van der Waals surface area (Å²) in [4.78, 5) is 4.24. The normalized spacial score (nSPS) is 30.6. The molecule has 1 N–H and O–H groups in total. The van der Waals surface area contributed by atoms with Crippen LogP contribution in [0.5, 0.6) is 5.75 Å². The lowest BCUT2D eigenvalue weighted by Crippen LogP contribution is -2.30. The molecule has 0 aromatic carbocycles. The number of rotatable bonds is 3. The van der Waals surface area contributed by atoms with Gasteiger partial charge in [0.1, 0.15) is 0 Å². The molecule has 3 unspecified atom stereocenters. The Kier molecular flexibility index (Phi) is 2.67. The number of hydrogen-bond acceptors (Lipinski definition) is 4. The SMILES string of the molecule is COc1cnc(C)cc1NC1CC2CCC1O2. The molecule has 1 aromatic rings. The molecule has 2 fully saturated rings. The van der Waals surface area contributed by atoms with Crippen molar-refractivity contribution in [2.45, 2.75) is 44.4 Å². The highest BCUT2D eigenvalue weighted by atomic mass is 16.5. The van der Waals surface area contributed by atoms with Crippen LogP contribution >= 0.6 is 0 Å². The first-order chi connectivity index (χ1) is 8.26. The number of aryl methyl sites for hydroxylation is 1. The van der Waals surface area contributed by atoms with Gasteiger partial charge in [-0.3, -0.25) is 4.98 Å². The van der Waals surface area contributed by atoms with Crippen LogP contribution in [-0.4, -0.2) is 30.3 Å². The summed E-state index contributed by atoms with van der Waals surface area (Å²) in [5, 5.41) is 3.54. The third kappa shape index (κ3) is 1.97. The molecule has 0 saturated carbocycles. The van der Waals surface area contributed by atoms with E-state index in [0.29, 0.717) is 18.2 Å². The standard InChI is InChI=1S/C13H18N2O2/c1-8-5-10(13(16-2)7-14-8)15-11-6-9-3-4-12(11)17-9/h5,7,9,11-12H,3-4,6H2,1-2H3,(H,14,15). The topological polar surface area (TPSA) is 43.4 Å². The van der Waals surface area contributed by atoms with Crippen molar-refractivity contribution in [1.29, 1.82) is 0 Å². The molecule has 1 aromatic heterocycles. The molecule has 2 aliphatic rings. The lowest BCUT2D eigenvalue weighted by molar-refractivity contribution is 0.102. The van der Waals surface area contributed by atoms with Crippen LogP contribution in [0.1, 0.15) is 25.0 Å². The minimum Gasteiger partial charge on any atom is -0.493 e. The van der Waals surface area contributed by atoms with Crippen LogP contribution in [0.25, 0.3) is 0 Å². The first-order valence-corrected chi connectivity index (χ1v) is 6.19. The summed E-state index contributed by atoms with van der Waals surface area (Å²) in [5.41, 5.74) is 2.03. The van der Waals surface area contributed by atoms with E-state index in [0.717, 1.165) is 23.6 Å². The third-order valence-electron chi connectivity index (χ3n) is 3.67. The number of fused-ring (bicyclic) bond motifs is 2. The highest BCUT2D eigenvalue weighted by molar-refractivity contribution is 5.56. The molecule has 0 radical (unpaired) electrons. The number of aromatic nitrogens is 1. The van der Waals surface area contributed by atoms with Crippen LogP contribution in [0, 0.1) is 6.92 Å². The smallest absolute Gasteiger partial charge is 0.160 e. The van der Waals surface area contributed by atoms with Crippen LogP contribution in [-0.2, 0) is 4.74 Å². The van der Waals surface area contributed by atoms with Gasteiger partial charge in [0.15, 0.2) is 5.75 Å². The molecule has 3 atom stereocenters. The maximum atomic E-state index is 5.84. The Morgan fingerprint density at radius 3 is 3.00 bits per heavy atom. The van der Waals surface area contributed by atoms with Crippen LogP contribution in [0.15, 0.2) is 12.3 Å². The van der Waals surface area contributed by atoms with Crippen LogP contribution < -0.4 is 10.1 Å². The maximum absolute atomic E-state index is 5.84. The zero-order chi connectivity index (χ0) is 11.8. The molecule has 17 heavy (non-hydrogen) atoms. The second-order valence-electron chi connectivity index (χ2n) is 4.89. The van der Waals surface area contributed by atoms with E-state index in [2.05, 4.69) is 10.3 Å². The second kappa shape index (κ2) is 4.18. The Labute approximate surface area is 101 Å². The van der Waals surface area contributed by atoms with Gasteiger partial charge < -0.3 is 14.8 Å². The van der Waals surface area contributed by atoms with E-state index >= 15 is 0 Å². The summed E-state index contributed by atoms with van der Waals surface area (Å²) in [5.74, 6) is 0.804. The number of hydrogen-bond donors (Lipinski definition) is 1. The molecular weight excluding hydrogens is 216 g/mol. The summed E-state index contributed by atoms with van der Waals surface area (Å²) in [6.45, 7) is 1.99. The molecule has 0 aliphatic carbocycles. The summed E-state index contributed by atoms with van der Waals surface area (Å²) < 4.78 is 11.2. The number of pyridine rings is 1. The molecule has 2 aliphatic heterocycles. The number of methoxy groups -OCH3 is 1. The highest BCUT2D eigenvalue weighted by Gasteiger charge is 2.40. The number of ether oxygens (including phenoxy) is 2. The molecule has 2 bridgehead atoms. The lowest BCUT2D eigenvalue weighted by Gasteiger charge is -2.22. The average Bonchev–Trinajstić information content (AvgIpc) is 2.91. The van der Waals surface area contributed by atoms with Crippen molar-refractivity contribution in [2.75, 3.05) is 12.4 Å². The monoisotopic (exact) mass is 234 g/mol. The Hall–Kier alpha value is -1.29. The van der Waals surface area contributed by atoms with Gasteiger partial charge in [-0.2, -0.15) is 0 Å². The van der Waals surface area contributed by atoms with Crippen LogP contribution in [0.3, 0.4) is 0 Å². The zero-order valence-corrected chi connectivity index (χ0v) is 10.3. The minimum absolute atomic E-state index is 0.373. The molecular formula is C13H18N2O2. The third-order valence-corrected chi connectivity index (χ3v) is 3.67. The maximum Gasteiger partial charge on any atom is 0.160 e. The Morgan fingerprint density at radius 1 is 1.47 bits per heavy atom. The Balaban J connectivity index is 1.78.